The van der Waals surface area contributed by atoms with E-state index in [1.807, 2.05) is 18.2 Å². The highest BCUT2D eigenvalue weighted by molar-refractivity contribution is 9.10. The highest BCUT2D eigenvalue weighted by atomic mass is 79.9. The first-order valence-electron chi connectivity index (χ1n) is 6.17. The van der Waals surface area contributed by atoms with Gasteiger partial charge in [-0.3, -0.25) is 0 Å². The van der Waals surface area contributed by atoms with Crippen molar-refractivity contribution in [3.8, 4) is 10.6 Å². The molecule has 19 heavy (non-hydrogen) atoms. The smallest absolute Gasteiger partial charge is 0.149 e. The van der Waals surface area contributed by atoms with E-state index in [0.717, 1.165) is 33.0 Å². The summed E-state index contributed by atoms with van der Waals surface area (Å²) < 4.78 is 0.988. The fraction of sp³-hybridized carbons (Fsp3) is 0.385. The monoisotopic (exact) mass is 359 g/mol. The molecular weight excluding hydrogens is 346 g/mol. The van der Waals surface area contributed by atoms with Gasteiger partial charge >= 0.3 is 0 Å². The minimum absolute atomic E-state index is 0.266. The van der Waals surface area contributed by atoms with E-state index in [1.165, 1.54) is 0 Å². The van der Waals surface area contributed by atoms with E-state index < -0.39 is 0 Å². The van der Waals surface area contributed by atoms with Crippen molar-refractivity contribution >= 4 is 38.9 Å². The highest BCUT2D eigenvalue weighted by Gasteiger charge is 2.16. The molecule has 1 N–H and O–H groups in total. The number of benzene rings is 1. The Morgan fingerprint density at radius 3 is 2.84 bits per heavy atom. The lowest BCUT2D eigenvalue weighted by Crippen LogP contribution is -2.19. The van der Waals surface area contributed by atoms with Gasteiger partial charge in [0.15, 0.2) is 0 Å². The molecule has 6 heteroatoms. The maximum absolute atomic E-state index is 6.22. The summed E-state index contributed by atoms with van der Waals surface area (Å²) in [7, 11) is 0. The van der Waals surface area contributed by atoms with E-state index in [-0.39, 0.29) is 6.04 Å². The Balaban J connectivity index is 2.32. The molecule has 1 heterocycles. The Morgan fingerprint density at radius 1 is 1.37 bits per heavy atom. The van der Waals surface area contributed by atoms with Gasteiger partial charge in [0.2, 0.25) is 0 Å². The minimum Gasteiger partial charge on any atom is -0.308 e. The largest absolute Gasteiger partial charge is 0.308 e. The summed E-state index contributed by atoms with van der Waals surface area (Å²) in [6, 6.07) is 6.02. The summed E-state index contributed by atoms with van der Waals surface area (Å²) >= 11 is 11.3. The predicted octanol–water partition coefficient (Wildman–Crippen LogP) is 4.68. The van der Waals surface area contributed by atoms with Crippen molar-refractivity contribution in [3.05, 3.63) is 32.7 Å². The second-order valence-corrected chi connectivity index (χ2v) is 6.42. The Hall–Kier alpha value is -0.490. The molecule has 1 aromatic carbocycles. The number of hydrogen-bond acceptors (Lipinski definition) is 4. The molecule has 0 saturated carbocycles. The molecule has 0 fully saturated rings. The second kappa shape index (κ2) is 6.79. The van der Waals surface area contributed by atoms with Crippen molar-refractivity contribution in [2.45, 2.75) is 26.3 Å². The molecule has 1 aromatic heterocycles. The van der Waals surface area contributed by atoms with E-state index in [9.17, 15) is 0 Å². The number of aromatic nitrogens is 2. The van der Waals surface area contributed by atoms with Crippen LogP contribution in [0.15, 0.2) is 22.7 Å². The van der Waals surface area contributed by atoms with Crippen LogP contribution < -0.4 is 5.32 Å². The van der Waals surface area contributed by atoms with Crippen LogP contribution in [0.5, 0.6) is 0 Å². The van der Waals surface area contributed by atoms with Crippen molar-refractivity contribution in [2.24, 2.45) is 0 Å². The van der Waals surface area contributed by atoms with Crippen LogP contribution >= 0.6 is 38.9 Å². The first-order chi connectivity index (χ1) is 9.15. The summed E-state index contributed by atoms with van der Waals surface area (Å²) in [4.78, 5) is 0. The lowest BCUT2D eigenvalue weighted by Gasteiger charge is -2.11. The summed E-state index contributed by atoms with van der Waals surface area (Å²) in [5, 5.41) is 14.5. The van der Waals surface area contributed by atoms with E-state index in [0.29, 0.717) is 5.02 Å². The van der Waals surface area contributed by atoms with Crippen LogP contribution in [-0.2, 0) is 0 Å². The van der Waals surface area contributed by atoms with Crippen molar-refractivity contribution in [1.29, 1.82) is 0 Å². The molecule has 0 bridgehead atoms. The van der Waals surface area contributed by atoms with Crippen molar-refractivity contribution in [3.63, 3.8) is 0 Å². The fourth-order valence-corrected chi connectivity index (χ4v) is 3.45. The molecule has 1 atom stereocenters. The van der Waals surface area contributed by atoms with Crippen LogP contribution in [0, 0.1) is 0 Å². The minimum atomic E-state index is 0.266. The molecule has 0 radical (unpaired) electrons. The van der Waals surface area contributed by atoms with Crippen molar-refractivity contribution in [1.82, 2.24) is 15.5 Å². The van der Waals surface area contributed by atoms with Gasteiger partial charge in [-0.15, -0.1) is 10.2 Å². The van der Waals surface area contributed by atoms with Crippen LogP contribution in [0.25, 0.3) is 10.6 Å². The maximum atomic E-state index is 6.22. The first-order valence-corrected chi connectivity index (χ1v) is 8.16. The third-order valence-corrected chi connectivity index (χ3v) is 4.65. The standard InChI is InChI=1S/C13H15BrClN3S/c1-3-11(16-4-2)13-18-17-12(19-13)9-7-8(14)5-6-10(9)15/h5-7,11,16H,3-4H2,1-2H3. The number of halogens is 2. The number of nitrogens with zero attached hydrogens (tertiary/aromatic N) is 2. The van der Waals surface area contributed by atoms with Gasteiger partial charge in [0, 0.05) is 10.0 Å². The van der Waals surface area contributed by atoms with Gasteiger partial charge in [0.1, 0.15) is 10.0 Å². The summed E-state index contributed by atoms with van der Waals surface area (Å²) in [6.07, 6.45) is 0.995. The molecule has 0 aliphatic carbocycles. The zero-order valence-electron chi connectivity index (χ0n) is 10.8. The van der Waals surface area contributed by atoms with E-state index in [1.54, 1.807) is 11.3 Å². The van der Waals surface area contributed by atoms with E-state index >= 15 is 0 Å². The Labute approximate surface area is 130 Å². The van der Waals surface area contributed by atoms with Gasteiger partial charge in [-0.2, -0.15) is 0 Å². The molecule has 2 rings (SSSR count). The number of rotatable bonds is 5. The Morgan fingerprint density at radius 2 is 2.16 bits per heavy atom. The zero-order chi connectivity index (χ0) is 13.8. The molecule has 0 saturated heterocycles. The molecule has 102 valence electrons. The topological polar surface area (TPSA) is 37.8 Å². The highest BCUT2D eigenvalue weighted by Crippen LogP contribution is 2.34. The summed E-state index contributed by atoms with van der Waals surface area (Å²) in [6.45, 7) is 5.15. The van der Waals surface area contributed by atoms with Crippen molar-refractivity contribution < 1.29 is 0 Å². The second-order valence-electron chi connectivity index (χ2n) is 4.09. The third-order valence-electron chi connectivity index (χ3n) is 2.76. The van der Waals surface area contributed by atoms with Crippen LogP contribution in [0.2, 0.25) is 5.02 Å². The van der Waals surface area contributed by atoms with Crippen LogP contribution in [0.1, 0.15) is 31.3 Å². The molecule has 1 unspecified atom stereocenters. The normalized spacial score (nSPS) is 12.6. The van der Waals surface area contributed by atoms with Crippen LogP contribution in [-0.4, -0.2) is 16.7 Å². The molecule has 2 aromatic rings. The summed E-state index contributed by atoms with van der Waals surface area (Å²) in [5.41, 5.74) is 0.922. The van der Waals surface area contributed by atoms with Crippen LogP contribution in [0.4, 0.5) is 0 Å². The van der Waals surface area contributed by atoms with E-state index in [2.05, 4.69) is 45.3 Å². The zero-order valence-corrected chi connectivity index (χ0v) is 13.9. The first kappa shape index (κ1) is 14.9. The SMILES string of the molecule is CCNC(CC)c1nnc(-c2cc(Br)ccc2Cl)s1. The van der Waals surface area contributed by atoms with Gasteiger partial charge < -0.3 is 5.32 Å². The van der Waals surface area contributed by atoms with Gasteiger partial charge in [-0.05, 0) is 31.2 Å². The van der Waals surface area contributed by atoms with Gasteiger partial charge in [0.05, 0.1) is 11.1 Å². The number of hydrogen-bond donors (Lipinski definition) is 1. The van der Waals surface area contributed by atoms with Crippen LogP contribution in [0.3, 0.4) is 0 Å². The Bertz CT molecular complexity index is 559. The predicted molar refractivity (Wildman–Crippen MR) is 84.8 cm³/mol. The molecular formula is C13H15BrClN3S. The third kappa shape index (κ3) is 3.54. The number of nitrogens with one attached hydrogen (secondary N) is 1. The molecule has 0 aliphatic heterocycles. The van der Waals surface area contributed by atoms with Gasteiger partial charge in [-0.1, -0.05) is 52.7 Å². The molecule has 0 spiro atoms. The van der Waals surface area contributed by atoms with Gasteiger partial charge in [0.25, 0.3) is 0 Å². The lowest BCUT2D eigenvalue weighted by atomic mass is 10.2. The van der Waals surface area contributed by atoms with Gasteiger partial charge in [-0.25, -0.2) is 0 Å². The Kier molecular flexibility index (Phi) is 5.33. The average Bonchev–Trinajstić information content (AvgIpc) is 2.88. The molecule has 3 nitrogen and oxygen atoms in total. The van der Waals surface area contributed by atoms with E-state index in [4.69, 9.17) is 11.6 Å². The van der Waals surface area contributed by atoms with Crippen molar-refractivity contribution in [2.75, 3.05) is 6.54 Å². The molecule has 0 amide bonds. The lowest BCUT2D eigenvalue weighted by molar-refractivity contribution is 0.531. The summed E-state index contributed by atoms with van der Waals surface area (Å²) in [5.74, 6) is 0. The quantitative estimate of drug-likeness (QED) is 0.841. The maximum Gasteiger partial charge on any atom is 0.149 e. The average molecular weight is 361 g/mol. The fourth-order valence-electron chi connectivity index (χ4n) is 1.80. The molecule has 0 aliphatic rings.